The summed E-state index contributed by atoms with van der Waals surface area (Å²) in [5.74, 6) is -0.255. The molecule has 0 unspecified atom stereocenters. The first-order valence-electron chi connectivity index (χ1n) is 10.5. The summed E-state index contributed by atoms with van der Waals surface area (Å²) >= 11 is 7.68. The van der Waals surface area contributed by atoms with E-state index >= 15 is 0 Å². The maximum atomic E-state index is 13.7. The minimum Gasteiger partial charge on any atom is -0.351 e. The summed E-state index contributed by atoms with van der Waals surface area (Å²) in [5.41, 5.74) is 0.266. The van der Waals surface area contributed by atoms with Crippen molar-refractivity contribution in [1.82, 2.24) is 9.88 Å². The normalized spacial score (nSPS) is 22.3. The Morgan fingerprint density at radius 3 is 2.63 bits per heavy atom. The third-order valence-corrected chi connectivity index (χ3v) is 7.60. The van der Waals surface area contributed by atoms with E-state index in [2.05, 4.69) is 5.32 Å². The molecule has 1 aliphatic heterocycles. The predicted molar refractivity (Wildman–Crippen MR) is 121 cm³/mol. The van der Waals surface area contributed by atoms with Gasteiger partial charge >= 0.3 is 0 Å². The van der Waals surface area contributed by atoms with E-state index in [0.29, 0.717) is 22.9 Å². The maximum absolute atomic E-state index is 13.7. The van der Waals surface area contributed by atoms with Gasteiger partial charge in [-0.05, 0) is 61.5 Å². The molecule has 0 bridgehead atoms. The van der Waals surface area contributed by atoms with Crippen molar-refractivity contribution in [2.75, 3.05) is 4.90 Å². The molecule has 1 N–H and O–H groups in total. The van der Waals surface area contributed by atoms with Crippen LogP contribution >= 0.6 is 22.9 Å². The summed E-state index contributed by atoms with van der Waals surface area (Å²) in [6, 6.07) is 11.3. The second-order valence-corrected chi connectivity index (χ2v) is 9.83. The number of thiophene rings is 1. The minimum absolute atomic E-state index is 0.0956. The summed E-state index contributed by atoms with van der Waals surface area (Å²) in [5, 5.41) is 6.91. The molecule has 1 atom stereocenters. The number of hydrogen-bond acceptors (Lipinski definition) is 3. The zero-order chi connectivity index (χ0) is 20.9. The van der Waals surface area contributed by atoms with E-state index in [1.807, 2.05) is 41.1 Å². The molecular formula is C23H24ClN3O2S. The lowest BCUT2D eigenvalue weighted by Crippen LogP contribution is -2.65. The first-order chi connectivity index (χ1) is 14.5. The Bertz CT molecular complexity index is 1110. The summed E-state index contributed by atoms with van der Waals surface area (Å²) in [6.07, 6.45) is 5.50. The fourth-order valence-corrected chi connectivity index (χ4v) is 5.80. The lowest BCUT2D eigenvalue weighted by atomic mass is 9.91. The van der Waals surface area contributed by atoms with Gasteiger partial charge in [-0.2, -0.15) is 0 Å². The Labute approximate surface area is 184 Å². The van der Waals surface area contributed by atoms with Crippen LogP contribution in [0.2, 0.25) is 5.02 Å². The lowest BCUT2D eigenvalue weighted by molar-refractivity contribution is -0.127. The van der Waals surface area contributed by atoms with Crippen LogP contribution in [-0.2, 0) is 11.3 Å². The highest BCUT2D eigenvalue weighted by Crippen LogP contribution is 2.38. The monoisotopic (exact) mass is 441 g/mol. The molecule has 2 aliphatic rings. The zero-order valence-electron chi connectivity index (χ0n) is 16.9. The van der Waals surface area contributed by atoms with Crippen molar-refractivity contribution in [2.24, 2.45) is 0 Å². The van der Waals surface area contributed by atoms with Crippen LogP contribution in [-0.4, -0.2) is 28.0 Å². The number of amides is 2. The number of aromatic nitrogens is 1. The van der Waals surface area contributed by atoms with E-state index in [1.54, 1.807) is 28.4 Å². The van der Waals surface area contributed by atoms with Crippen LogP contribution in [0.1, 0.15) is 49.5 Å². The molecule has 0 spiro atoms. The van der Waals surface area contributed by atoms with Crippen molar-refractivity contribution in [3.05, 3.63) is 52.5 Å². The molecular weight excluding hydrogens is 418 g/mol. The highest BCUT2D eigenvalue weighted by atomic mass is 35.5. The van der Waals surface area contributed by atoms with Gasteiger partial charge in [0, 0.05) is 22.1 Å². The Hall–Kier alpha value is -2.31. The highest BCUT2D eigenvalue weighted by Gasteiger charge is 2.49. The second-order valence-electron chi connectivity index (χ2n) is 8.50. The van der Waals surface area contributed by atoms with Gasteiger partial charge < -0.3 is 9.88 Å². The number of carbonyl (C=O) groups is 2. The fraction of sp³-hybridized carbons (Fsp3) is 0.391. The van der Waals surface area contributed by atoms with Crippen molar-refractivity contribution >= 4 is 50.7 Å². The SMILES string of the molecule is C[C@@]1(C(=O)NC2CCCCC2)Cn2c(cc3ccsc32)C(=O)N1c1ccc(Cl)cc1. The van der Waals surface area contributed by atoms with E-state index in [0.717, 1.165) is 35.9 Å². The molecule has 30 heavy (non-hydrogen) atoms. The van der Waals surface area contributed by atoms with Crippen LogP contribution < -0.4 is 10.2 Å². The molecule has 5 rings (SSSR count). The largest absolute Gasteiger partial charge is 0.351 e. The highest BCUT2D eigenvalue weighted by molar-refractivity contribution is 7.16. The summed E-state index contributed by atoms with van der Waals surface area (Å²) in [6.45, 7) is 2.29. The van der Waals surface area contributed by atoms with Crippen LogP contribution in [0, 0.1) is 0 Å². The Balaban J connectivity index is 1.59. The molecule has 1 aromatic carbocycles. The Morgan fingerprint density at radius 2 is 1.90 bits per heavy atom. The van der Waals surface area contributed by atoms with Crippen molar-refractivity contribution in [3.8, 4) is 0 Å². The fourth-order valence-electron chi connectivity index (χ4n) is 4.78. The molecule has 2 aromatic heterocycles. The summed E-state index contributed by atoms with van der Waals surface area (Å²) < 4.78 is 2.01. The minimum atomic E-state index is -1.04. The van der Waals surface area contributed by atoms with Crippen LogP contribution in [0.15, 0.2) is 41.8 Å². The number of nitrogens with one attached hydrogen (secondary N) is 1. The number of nitrogens with zero attached hydrogens (tertiary/aromatic N) is 2. The van der Waals surface area contributed by atoms with Crippen LogP contribution in [0.3, 0.4) is 0 Å². The summed E-state index contributed by atoms with van der Waals surface area (Å²) in [4.78, 5) is 30.0. The standard InChI is InChI=1S/C23H24ClN3O2S/c1-23(22(29)25-17-5-3-2-4-6-17)14-26-19(13-15-11-12-30-21(15)26)20(28)27(23)18-9-7-16(24)8-10-18/h7-13,17H,2-6,14H2,1H3,(H,25,29)/t23-/m0/s1. The first-order valence-corrected chi connectivity index (χ1v) is 11.7. The van der Waals surface area contributed by atoms with E-state index < -0.39 is 5.54 Å². The van der Waals surface area contributed by atoms with E-state index in [9.17, 15) is 9.59 Å². The average molecular weight is 442 g/mol. The van der Waals surface area contributed by atoms with Crippen molar-refractivity contribution in [3.63, 3.8) is 0 Å². The number of halogens is 1. The third-order valence-electron chi connectivity index (χ3n) is 6.40. The number of fused-ring (bicyclic) bond motifs is 3. The smallest absolute Gasteiger partial charge is 0.275 e. The van der Waals surface area contributed by atoms with Gasteiger partial charge in [-0.3, -0.25) is 14.5 Å². The topological polar surface area (TPSA) is 54.3 Å². The predicted octanol–water partition coefficient (Wildman–Crippen LogP) is 5.22. The number of hydrogen-bond donors (Lipinski definition) is 1. The number of carbonyl (C=O) groups excluding carboxylic acids is 2. The average Bonchev–Trinajstić information content (AvgIpc) is 3.33. The maximum Gasteiger partial charge on any atom is 0.275 e. The van der Waals surface area contributed by atoms with Gasteiger partial charge in [0.15, 0.2) is 0 Å². The zero-order valence-corrected chi connectivity index (χ0v) is 18.4. The lowest BCUT2D eigenvalue weighted by Gasteiger charge is -2.44. The molecule has 3 aromatic rings. The van der Waals surface area contributed by atoms with E-state index in [1.165, 1.54) is 6.42 Å². The molecule has 0 saturated heterocycles. The van der Waals surface area contributed by atoms with E-state index in [-0.39, 0.29) is 17.9 Å². The van der Waals surface area contributed by atoms with Gasteiger partial charge in [-0.25, -0.2) is 0 Å². The molecule has 3 heterocycles. The van der Waals surface area contributed by atoms with Crippen molar-refractivity contribution < 1.29 is 9.59 Å². The quantitative estimate of drug-likeness (QED) is 0.605. The Kier molecular flexibility index (Phi) is 4.86. The van der Waals surface area contributed by atoms with Crippen LogP contribution in [0.25, 0.3) is 10.2 Å². The van der Waals surface area contributed by atoms with Gasteiger partial charge in [-0.1, -0.05) is 30.9 Å². The molecule has 1 aliphatic carbocycles. The molecule has 7 heteroatoms. The Morgan fingerprint density at radius 1 is 1.17 bits per heavy atom. The van der Waals surface area contributed by atoms with Gasteiger partial charge in [-0.15, -0.1) is 11.3 Å². The second kappa shape index (κ2) is 7.43. The third kappa shape index (κ3) is 3.13. The van der Waals surface area contributed by atoms with Gasteiger partial charge in [0.2, 0.25) is 5.91 Å². The van der Waals surface area contributed by atoms with Gasteiger partial charge in [0.25, 0.3) is 5.91 Å². The molecule has 156 valence electrons. The molecule has 1 saturated carbocycles. The van der Waals surface area contributed by atoms with Crippen LogP contribution in [0.4, 0.5) is 5.69 Å². The van der Waals surface area contributed by atoms with Gasteiger partial charge in [0.1, 0.15) is 16.1 Å². The van der Waals surface area contributed by atoms with Gasteiger partial charge in [0.05, 0.1) is 6.54 Å². The summed E-state index contributed by atoms with van der Waals surface area (Å²) in [7, 11) is 0. The number of rotatable bonds is 3. The van der Waals surface area contributed by atoms with Crippen LogP contribution in [0.5, 0.6) is 0 Å². The van der Waals surface area contributed by atoms with Crippen molar-refractivity contribution in [2.45, 2.75) is 57.2 Å². The first kappa shape index (κ1) is 19.6. The molecule has 1 fully saturated rings. The van der Waals surface area contributed by atoms with Crippen molar-refractivity contribution in [1.29, 1.82) is 0 Å². The molecule has 0 radical (unpaired) electrons. The number of anilines is 1. The number of benzene rings is 1. The molecule has 2 amide bonds. The molecule has 5 nitrogen and oxygen atoms in total. The van der Waals surface area contributed by atoms with E-state index in [4.69, 9.17) is 11.6 Å².